The molecule has 2 rings (SSSR count). The van der Waals surface area contributed by atoms with Crippen LogP contribution >= 0.6 is 11.8 Å². The van der Waals surface area contributed by atoms with Gasteiger partial charge in [-0.05, 0) is 30.4 Å². The summed E-state index contributed by atoms with van der Waals surface area (Å²) in [6.07, 6.45) is 4.31. The van der Waals surface area contributed by atoms with Crippen molar-refractivity contribution in [2.75, 3.05) is 12.0 Å². The van der Waals surface area contributed by atoms with Gasteiger partial charge in [0.2, 0.25) is 17.7 Å². The summed E-state index contributed by atoms with van der Waals surface area (Å²) in [6, 6.07) is 4.00. The highest BCUT2D eigenvalue weighted by Crippen LogP contribution is 2.07. The second kappa shape index (κ2) is 16.1. The van der Waals surface area contributed by atoms with Crippen LogP contribution < -0.4 is 21.7 Å². The molecule has 39 heavy (non-hydrogen) atoms. The number of H-pyrrole nitrogens is 1. The average Bonchev–Trinajstić information content (AvgIpc) is 3.42. The highest BCUT2D eigenvalue weighted by molar-refractivity contribution is 7.98. The Morgan fingerprint density at radius 3 is 2.15 bits per heavy atom. The van der Waals surface area contributed by atoms with Gasteiger partial charge < -0.3 is 36.9 Å². The van der Waals surface area contributed by atoms with Crippen molar-refractivity contribution >= 4 is 41.4 Å². The number of nitrogens with one attached hydrogen (secondary N) is 4. The van der Waals surface area contributed by atoms with Crippen LogP contribution in [0, 0.1) is 0 Å². The summed E-state index contributed by atoms with van der Waals surface area (Å²) in [5.41, 5.74) is 7.06. The Hall–Kier alpha value is -3.91. The molecule has 1 heterocycles. The Balaban J connectivity index is 2.20. The van der Waals surface area contributed by atoms with Gasteiger partial charge >= 0.3 is 11.9 Å². The molecule has 0 fully saturated rings. The van der Waals surface area contributed by atoms with E-state index in [4.69, 9.17) is 10.8 Å². The van der Waals surface area contributed by atoms with Crippen LogP contribution in [0.5, 0.6) is 0 Å². The molecular weight excluding hydrogens is 528 g/mol. The summed E-state index contributed by atoms with van der Waals surface area (Å²) < 4.78 is 0. The Morgan fingerprint density at radius 2 is 1.56 bits per heavy atom. The molecule has 1 aromatic heterocycles. The van der Waals surface area contributed by atoms with Crippen molar-refractivity contribution in [1.82, 2.24) is 25.9 Å². The number of nitrogens with zero attached hydrogens (tertiary/aromatic N) is 1. The summed E-state index contributed by atoms with van der Waals surface area (Å²) in [5, 5.41) is 26.3. The van der Waals surface area contributed by atoms with Crippen molar-refractivity contribution in [3.05, 3.63) is 54.1 Å². The summed E-state index contributed by atoms with van der Waals surface area (Å²) in [5.74, 6) is -4.04. The lowest BCUT2D eigenvalue weighted by atomic mass is 10.0. The average molecular weight is 563 g/mol. The quantitative estimate of drug-likeness (QED) is 0.133. The number of rotatable bonds is 17. The molecule has 4 atom stereocenters. The highest BCUT2D eigenvalue weighted by Gasteiger charge is 2.31. The standard InChI is InChI=1S/C25H34N6O7S/c1-39-10-9-17(26)22(34)29-18(7-8-21(32)33)23(35)30-19(12-16-13-27-14-28-16)24(36)31-20(25(37)38)11-15-5-3-2-4-6-15/h2-6,13-14,17-20H,7-12,26H2,1H3,(H,27,28)(H,29,34)(H,30,35)(H,31,36)(H,32,33)(H,37,38). The summed E-state index contributed by atoms with van der Waals surface area (Å²) >= 11 is 1.50. The highest BCUT2D eigenvalue weighted by atomic mass is 32.2. The van der Waals surface area contributed by atoms with E-state index >= 15 is 0 Å². The molecule has 212 valence electrons. The third-order valence-corrected chi connectivity index (χ3v) is 6.40. The van der Waals surface area contributed by atoms with Gasteiger partial charge in [0.05, 0.1) is 12.4 Å². The fourth-order valence-electron chi connectivity index (χ4n) is 3.61. The van der Waals surface area contributed by atoms with Crippen molar-refractivity contribution in [3.63, 3.8) is 0 Å². The predicted octanol–water partition coefficient (Wildman–Crippen LogP) is -0.321. The van der Waals surface area contributed by atoms with Crippen molar-refractivity contribution in [3.8, 4) is 0 Å². The number of hydrogen-bond acceptors (Lipinski definition) is 8. The monoisotopic (exact) mass is 562 g/mol. The molecular formula is C25H34N6O7S. The lowest BCUT2D eigenvalue weighted by Gasteiger charge is -2.25. The zero-order valence-electron chi connectivity index (χ0n) is 21.5. The van der Waals surface area contributed by atoms with Crippen LogP contribution in [0.2, 0.25) is 0 Å². The third kappa shape index (κ3) is 11.2. The summed E-state index contributed by atoms with van der Waals surface area (Å²) in [6.45, 7) is 0. The van der Waals surface area contributed by atoms with Gasteiger partial charge in [0, 0.05) is 31.2 Å². The SMILES string of the molecule is CSCCC(N)C(=O)NC(CCC(=O)O)C(=O)NC(Cc1cnc[nH]1)C(=O)NC(Cc1ccccc1)C(=O)O. The fourth-order valence-corrected chi connectivity index (χ4v) is 4.10. The van der Waals surface area contributed by atoms with E-state index in [1.807, 2.05) is 6.26 Å². The molecule has 0 aliphatic heterocycles. The van der Waals surface area contributed by atoms with E-state index < -0.39 is 60.2 Å². The minimum absolute atomic E-state index is 0.0118. The number of thioether (sulfide) groups is 1. The van der Waals surface area contributed by atoms with E-state index in [2.05, 4.69) is 25.9 Å². The van der Waals surface area contributed by atoms with Gasteiger partial charge in [-0.2, -0.15) is 11.8 Å². The van der Waals surface area contributed by atoms with Crippen molar-refractivity contribution in [2.24, 2.45) is 5.73 Å². The van der Waals surface area contributed by atoms with Gasteiger partial charge in [0.15, 0.2) is 0 Å². The second-order valence-electron chi connectivity index (χ2n) is 8.81. The number of carbonyl (C=O) groups excluding carboxylic acids is 3. The number of nitrogens with two attached hydrogens (primary N) is 1. The summed E-state index contributed by atoms with van der Waals surface area (Å²) in [7, 11) is 0. The van der Waals surface area contributed by atoms with E-state index in [-0.39, 0.29) is 19.3 Å². The third-order valence-electron chi connectivity index (χ3n) is 5.76. The molecule has 14 heteroatoms. The van der Waals surface area contributed by atoms with Crippen LogP contribution in [0.15, 0.2) is 42.9 Å². The van der Waals surface area contributed by atoms with Gasteiger partial charge in [-0.15, -0.1) is 0 Å². The van der Waals surface area contributed by atoms with Gasteiger partial charge in [-0.3, -0.25) is 19.2 Å². The number of benzene rings is 1. The second-order valence-corrected chi connectivity index (χ2v) is 9.80. The molecule has 13 nitrogen and oxygen atoms in total. The first-order chi connectivity index (χ1) is 18.6. The van der Waals surface area contributed by atoms with E-state index in [1.165, 1.54) is 24.3 Å². The maximum atomic E-state index is 13.2. The first-order valence-corrected chi connectivity index (χ1v) is 13.6. The number of aromatic amines is 1. The topological polar surface area (TPSA) is 217 Å². The summed E-state index contributed by atoms with van der Waals surface area (Å²) in [4.78, 5) is 68.7. The molecule has 2 aromatic rings. The number of carbonyl (C=O) groups is 5. The molecule has 0 aliphatic rings. The molecule has 1 aromatic carbocycles. The zero-order chi connectivity index (χ0) is 28.8. The van der Waals surface area contributed by atoms with Crippen LogP contribution in [0.25, 0.3) is 0 Å². The molecule has 0 spiro atoms. The first kappa shape index (κ1) is 31.3. The Labute approximate surface area is 229 Å². The van der Waals surface area contributed by atoms with Crippen LogP contribution in [-0.2, 0) is 36.8 Å². The van der Waals surface area contributed by atoms with Crippen LogP contribution in [0.4, 0.5) is 0 Å². The van der Waals surface area contributed by atoms with Crippen LogP contribution in [0.1, 0.15) is 30.5 Å². The Kier molecular flexibility index (Phi) is 13.0. The van der Waals surface area contributed by atoms with Crippen LogP contribution in [0.3, 0.4) is 0 Å². The molecule has 3 amide bonds. The molecule has 0 aliphatic carbocycles. The number of aromatic nitrogens is 2. The van der Waals surface area contributed by atoms with Gasteiger partial charge in [-0.1, -0.05) is 30.3 Å². The van der Waals surface area contributed by atoms with E-state index in [0.29, 0.717) is 23.4 Å². The largest absolute Gasteiger partial charge is 0.481 e. The lowest BCUT2D eigenvalue weighted by molar-refractivity contribution is -0.142. The molecule has 8 N–H and O–H groups in total. The normalized spacial score (nSPS) is 13.9. The fraction of sp³-hybridized carbons (Fsp3) is 0.440. The number of imidazole rings is 1. The van der Waals surface area contributed by atoms with Crippen molar-refractivity contribution < 1.29 is 34.2 Å². The zero-order valence-corrected chi connectivity index (χ0v) is 22.3. The number of carboxylic acids is 2. The number of aliphatic carboxylic acids is 2. The predicted molar refractivity (Wildman–Crippen MR) is 144 cm³/mol. The molecule has 0 saturated carbocycles. The van der Waals surface area contributed by atoms with Gasteiger partial charge in [0.25, 0.3) is 0 Å². The maximum absolute atomic E-state index is 13.2. The van der Waals surface area contributed by atoms with E-state index in [1.54, 1.807) is 30.3 Å². The van der Waals surface area contributed by atoms with E-state index in [9.17, 15) is 29.1 Å². The number of amides is 3. The molecule has 0 bridgehead atoms. The minimum Gasteiger partial charge on any atom is -0.481 e. The minimum atomic E-state index is -1.29. The van der Waals surface area contributed by atoms with Gasteiger partial charge in [0.1, 0.15) is 18.1 Å². The van der Waals surface area contributed by atoms with Crippen molar-refractivity contribution in [1.29, 1.82) is 0 Å². The molecule has 0 radical (unpaired) electrons. The molecule has 4 unspecified atom stereocenters. The smallest absolute Gasteiger partial charge is 0.326 e. The van der Waals surface area contributed by atoms with Gasteiger partial charge in [-0.25, -0.2) is 9.78 Å². The Bertz CT molecular complexity index is 1100. The lowest BCUT2D eigenvalue weighted by Crippen LogP contribution is -2.58. The molecule has 0 saturated heterocycles. The Morgan fingerprint density at radius 1 is 0.923 bits per heavy atom. The maximum Gasteiger partial charge on any atom is 0.326 e. The number of carboxylic acid groups (broad SMARTS) is 2. The van der Waals surface area contributed by atoms with Crippen LogP contribution in [-0.4, -0.2) is 86.0 Å². The van der Waals surface area contributed by atoms with Crippen molar-refractivity contribution in [2.45, 2.75) is 56.3 Å². The first-order valence-electron chi connectivity index (χ1n) is 12.2. The number of hydrogen-bond donors (Lipinski definition) is 7. The van der Waals surface area contributed by atoms with E-state index in [0.717, 1.165) is 0 Å².